The fraction of sp³-hybridized carbons (Fsp3) is 0.294. The highest BCUT2D eigenvalue weighted by atomic mass is 32.1. The molecular weight excluding hydrogens is 689 g/mol. The highest BCUT2D eigenvalue weighted by Crippen LogP contribution is 2.45. The van der Waals surface area contributed by atoms with Crippen LogP contribution in [-0.4, -0.2) is 16.3 Å². The molecule has 1 heterocycles. The largest absolute Gasteiger partial charge is 0.507 e. The molecule has 4 heteroatoms. The Morgan fingerprint density at radius 2 is 1.31 bits per heavy atom. The normalized spacial score (nSPS) is 12.8. The molecule has 6 aromatic carbocycles. The van der Waals surface area contributed by atoms with E-state index in [2.05, 4.69) is 185 Å². The van der Waals surface area contributed by atoms with Gasteiger partial charge in [-0.05, 0) is 85.2 Å². The van der Waals surface area contributed by atoms with Gasteiger partial charge in [0.2, 0.25) is 0 Å². The number of aliphatic imine (C=N–C) groups is 1. The van der Waals surface area contributed by atoms with Gasteiger partial charge in [0, 0.05) is 33.9 Å². The summed E-state index contributed by atoms with van der Waals surface area (Å²) in [5, 5.41) is 14.7. The Hall–Kier alpha value is -5.06. The first-order chi connectivity index (χ1) is 25.9. The molecule has 1 aromatic heterocycles. The van der Waals surface area contributed by atoms with Crippen molar-refractivity contribution >= 4 is 44.2 Å². The number of aromatic nitrogens is 1. The van der Waals surface area contributed by atoms with Crippen molar-refractivity contribution in [3.63, 3.8) is 0 Å². The zero-order valence-electron chi connectivity index (χ0n) is 34.3. The minimum absolute atomic E-state index is 0.0434. The lowest BCUT2D eigenvalue weighted by atomic mass is 9.79. The van der Waals surface area contributed by atoms with Crippen molar-refractivity contribution in [3.8, 4) is 38.6 Å². The van der Waals surface area contributed by atoms with E-state index in [-0.39, 0.29) is 22.0 Å². The van der Waals surface area contributed by atoms with Crippen molar-refractivity contribution in [1.82, 2.24) is 4.98 Å². The second-order valence-electron chi connectivity index (χ2n) is 18.4. The summed E-state index contributed by atoms with van der Waals surface area (Å²) in [7, 11) is 0. The predicted molar refractivity (Wildman–Crippen MR) is 239 cm³/mol. The fourth-order valence-corrected chi connectivity index (χ4v) is 8.24. The second-order valence-corrected chi connectivity index (χ2v) is 19.4. The number of aromatic hydroxyl groups is 1. The van der Waals surface area contributed by atoms with Crippen molar-refractivity contribution in [2.45, 2.75) is 98.3 Å². The SMILES string of the molecule is CC(C)c1cccc(-c2ccc(-c3cc(C(C)(C)C)cc4sc(-c5ccc6ccccc6c5N=Cc5cc(C(C)(C)C)cc(C(C)(C)C)c5O)nc34)cc2)c1. The summed E-state index contributed by atoms with van der Waals surface area (Å²) in [5.41, 5.74) is 12.6. The Morgan fingerprint density at radius 1 is 0.636 bits per heavy atom. The van der Waals surface area contributed by atoms with Crippen molar-refractivity contribution < 1.29 is 5.11 Å². The number of rotatable bonds is 6. The molecule has 3 nitrogen and oxygen atoms in total. The average molecular weight is 743 g/mol. The third kappa shape index (κ3) is 7.75. The molecule has 55 heavy (non-hydrogen) atoms. The van der Waals surface area contributed by atoms with Crippen LogP contribution >= 0.6 is 11.3 Å². The first-order valence-corrected chi connectivity index (χ1v) is 20.3. The van der Waals surface area contributed by atoms with E-state index in [9.17, 15) is 5.11 Å². The van der Waals surface area contributed by atoms with Gasteiger partial charge in [-0.1, -0.05) is 161 Å². The Kier molecular flexibility index (Phi) is 9.88. The van der Waals surface area contributed by atoms with Crippen LogP contribution in [0.5, 0.6) is 5.75 Å². The molecule has 0 unspecified atom stereocenters. The molecule has 0 radical (unpaired) electrons. The van der Waals surface area contributed by atoms with Gasteiger partial charge in [-0.15, -0.1) is 11.3 Å². The number of hydrogen-bond donors (Lipinski definition) is 1. The molecule has 0 aliphatic rings. The van der Waals surface area contributed by atoms with Crippen LogP contribution in [-0.2, 0) is 16.2 Å². The lowest BCUT2D eigenvalue weighted by Crippen LogP contribution is -2.17. The lowest BCUT2D eigenvalue weighted by molar-refractivity contribution is 0.444. The molecule has 1 N–H and O–H groups in total. The maximum absolute atomic E-state index is 11.6. The smallest absolute Gasteiger partial charge is 0.128 e. The second kappa shape index (κ2) is 14.2. The maximum atomic E-state index is 11.6. The van der Waals surface area contributed by atoms with Crippen LogP contribution in [0.25, 0.3) is 53.8 Å². The number of phenols is 1. The fourth-order valence-electron chi connectivity index (χ4n) is 7.18. The molecule has 0 fully saturated rings. The highest BCUT2D eigenvalue weighted by molar-refractivity contribution is 7.21. The van der Waals surface area contributed by atoms with Crippen LogP contribution in [0.15, 0.2) is 114 Å². The number of hydrogen-bond acceptors (Lipinski definition) is 4. The first kappa shape index (κ1) is 38.2. The number of thiazole rings is 1. The van der Waals surface area contributed by atoms with Gasteiger partial charge in [0.25, 0.3) is 0 Å². The molecular formula is C51H54N2OS. The summed E-state index contributed by atoms with van der Waals surface area (Å²) in [6.45, 7) is 24.4. The Balaban J connectivity index is 1.39. The molecule has 0 spiro atoms. The predicted octanol–water partition coefficient (Wildman–Crippen LogP) is 14.9. The van der Waals surface area contributed by atoms with Gasteiger partial charge >= 0.3 is 0 Å². The van der Waals surface area contributed by atoms with E-state index >= 15 is 0 Å². The Labute approximate surface area is 331 Å². The molecule has 7 rings (SSSR count). The number of benzene rings is 6. The van der Waals surface area contributed by atoms with Crippen LogP contribution in [0, 0.1) is 0 Å². The monoisotopic (exact) mass is 742 g/mol. The quantitative estimate of drug-likeness (QED) is 0.172. The van der Waals surface area contributed by atoms with Crippen molar-refractivity contribution in [2.24, 2.45) is 4.99 Å². The first-order valence-electron chi connectivity index (χ1n) is 19.5. The minimum Gasteiger partial charge on any atom is -0.507 e. The van der Waals surface area contributed by atoms with Gasteiger partial charge in [0.15, 0.2) is 0 Å². The van der Waals surface area contributed by atoms with E-state index in [4.69, 9.17) is 9.98 Å². The van der Waals surface area contributed by atoms with Crippen LogP contribution in [0.1, 0.15) is 110 Å². The van der Waals surface area contributed by atoms with Crippen LogP contribution in [0.4, 0.5) is 5.69 Å². The van der Waals surface area contributed by atoms with Crippen molar-refractivity contribution in [3.05, 3.63) is 137 Å². The standard InChI is InChI=1S/C51H54N2OS/c1-31(2)35-16-14-17-36(25-35)32-19-21-34(22-20-32)42-27-39(50(6,7)8)29-44-46(42)53-48(55-44)41-24-23-33-15-12-13-18-40(33)45(41)52-30-37-26-38(49(3,4)5)28-43(47(37)54)51(9,10)11/h12-31,54H,1-11H3. The summed E-state index contributed by atoms with van der Waals surface area (Å²) in [5.74, 6) is 0.762. The third-order valence-electron chi connectivity index (χ3n) is 10.7. The average Bonchev–Trinajstić information content (AvgIpc) is 3.57. The summed E-state index contributed by atoms with van der Waals surface area (Å²) < 4.78 is 1.15. The topological polar surface area (TPSA) is 45.5 Å². The van der Waals surface area contributed by atoms with Crippen molar-refractivity contribution in [1.29, 1.82) is 0 Å². The Morgan fingerprint density at radius 3 is 1.98 bits per heavy atom. The van der Waals surface area contributed by atoms with E-state index in [0.29, 0.717) is 5.92 Å². The van der Waals surface area contributed by atoms with E-state index < -0.39 is 0 Å². The molecule has 0 aliphatic heterocycles. The summed E-state index contributed by atoms with van der Waals surface area (Å²) in [6, 6.07) is 39.4. The number of fused-ring (bicyclic) bond motifs is 2. The zero-order chi connectivity index (χ0) is 39.4. The number of phenolic OH excluding ortho intramolecular Hbond substituents is 1. The van der Waals surface area contributed by atoms with Crippen LogP contribution in [0.3, 0.4) is 0 Å². The molecule has 0 saturated heterocycles. The van der Waals surface area contributed by atoms with E-state index in [1.165, 1.54) is 27.8 Å². The van der Waals surface area contributed by atoms with Gasteiger partial charge in [0.1, 0.15) is 10.8 Å². The lowest BCUT2D eigenvalue weighted by Gasteiger charge is -2.27. The summed E-state index contributed by atoms with van der Waals surface area (Å²) in [4.78, 5) is 10.7. The van der Waals surface area contributed by atoms with Crippen LogP contribution < -0.4 is 0 Å². The van der Waals surface area contributed by atoms with Gasteiger partial charge in [-0.2, -0.15) is 0 Å². The summed E-state index contributed by atoms with van der Waals surface area (Å²) in [6.07, 6.45) is 1.85. The van der Waals surface area contributed by atoms with Crippen molar-refractivity contribution in [2.75, 3.05) is 0 Å². The van der Waals surface area contributed by atoms with Crippen LogP contribution in [0.2, 0.25) is 0 Å². The maximum Gasteiger partial charge on any atom is 0.128 e. The number of nitrogens with zero attached hydrogens (tertiary/aromatic N) is 2. The van der Waals surface area contributed by atoms with Gasteiger partial charge in [-0.3, -0.25) is 4.99 Å². The zero-order valence-corrected chi connectivity index (χ0v) is 35.1. The van der Waals surface area contributed by atoms with E-state index in [1.807, 2.05) is 6.21 Å². The Bertz CT molecular complexity index is 2570. The molecule has 7 aromatic rings. The van der Waals surface area contributed by atoms with E-state index in [1.54, 1.807) is 11.3 Å². The van der Waals surface area contributed by atoms with Gasteiger partial charge < -0.3 is 5.11 Å². The molecule has 0 aliphatic carbocycles. The summed E-state index contributed by atoms with van der Waals surface area (Å²) >= 11 is 1.72. The molecule has 0 bridgehead atoms. The molecule has 0 saturated carbocycles. The highest BCUT2D eigenvalue weighted by Gasteiger charge is 2.25. The third-order valence-corrected chi connectivity index (χ3v) is 11.8. The molecule has 280 valence electrons. The van der Waals surface area contributed by atoms with E-state index in [0.717, 1.165) is 59.5 Å². The molecule has 0 atom stereocenters. The molecule has 0 amide bonds. The van der Waals surface area contributed by atoms with Gasteiger partial charge in [-0.25, -0.2) is 4.98 Å². The van der Waals surface area contributed by atoms with Gasteiger partial charge in [0.05, 0.1) is 15.9 Å². The minimum atomic E-state index is -0.234.